The Morgan fingerprint density at radius 1 is 1.07 bits per heavy atom. The van der Waals surface area contributed by atoms with Crippen LogP contribution < -0.4 is 5.73 Å². The number of rotatable bonds is 7. The standard InChI is InChI=1S/C21H25N5O.2ClH/c1-16-14-17(2)26(24-16)20-9-8-19(15-23-20)21(27)25(13-11-22)12-10-18-6-4-3-5-7-18;;/h3-9,14-15H,10-13,22H2,1-2H3;2*1H. The Morgan fingerprint density at radius 3 is 2.34 bits per heavy atom. The van der Waals surface area contributed by atoms with Crippen LogP contribution in [0.5, 0.6) is 0 Å². The van der Waals surface area contributed by atoms with Gasteiger partial charge in [-0.05, 0) is 44.0 Å². The molecule has 3 aromatic rings. The van der Waals surface area contributed by atoms with Crippen LogP contribution in [-0.4, -0.2) is 45.2 Å². The number of amides is 1. The van der Waals surface area contributed by atoms with Crippen molar-refractivity contribution in [2.45, 2.75) is 20.3 Å². The first-order chi connectivity index (χ1) is 13.1. The number of hydrogen-bond donors (Lipinski definition) is 1. The normalized spacial score (nSPS) is 10.0. The van der Waals surface area contributed by atoms with Crippen LogP contribution in [0.4, 0.5) is 0 Å². The maximum absolute atomic E-state index is 12.9. The summed E-state index contributed by atoms with van der Waals surface area (Å²) in [5.74, 6) is 0.649. The molecule has 0 fully saturated rings. The highest BCUT2D eigenvalue weighted by Crippen LogP contribution is 2.12. The monoisotopic (exact) mass is 435 g/mol. The van der Waals surface area contributed by atoms with Gasteiger partial charge in [0.05, 0.1) is 11.3 Å². The number of halogens is 2. The molecule has 0 radical (unpaired) electrons. The van der Waals surface area contributed by atoms with Crippen LogP contribution in [0.15, 0.2) is 54.7 Å². The minimum atomic E-state index is -0.0520. The molecule has 6 nitrogen and oxygen atoms in total. The minimum absolute atomic E-state index is 0. The summed E-state index contributed by atoms with van der Waals surface area (Å²) < 4.78 is 1.77. The number of hydrogen-bond acceptors (Lipinski definition) is 4. The Bertz CT molecular complexity index is 897. The van der Waals surface area contributed by atoms with E-state index in [4.69, 9.17) is 5.73 Å². The molecule has 156 valence electrons. The van der Waals surface area contributed by atoms with Crippen molar-refractivity contribution in [3.8, 4) is 5.82 Å². The number of nitrogens with zero attached hydrogens (tertiary/aromatic N) is 4. The molecule has 8 heteroatoms. The fraction of sp³-hybridized carbons (Fsp3) is 0.286. The lowest BCUT2D eigenvalue weighted by Gasteiger charge is -2.22. The quantitative estimate of drug-likeness (QED) is 0.616. The average Bonchev–Trinajstić information content (AvgIpc) is 3.03. The van der Waals surface area contributed by atoms with Crippen LogP contribution in [0.1, 0.15) is 27.3 Å². The fourth-order valence-corrected chi connectivity index (χ4v) is 3.06. The van der Waals surface area contributed by atoms with E-state index in [2.05, 4.69) is 22.2 Å². The van der Waals surface area contributed by atoms with Crippen molar-refractivity contribution in [2.75, 3.05) is 19.6 Å². The first-order valence-electron chi connectivity index (χ1n) is 9.11. The van der Waals surface area contributed by atoms with Crippen molar-refractivity contribution in [1.82, 2.24) is 19.7 Å². The zero-order valence-corrected chi connectivity index (χ0v) is 18.2. The molecule has 0 aliphatic carbocycles. The van der Waals surface area contributed by atoms with Gasteiger partial charge in [-0.3, -0.25) is 4.79 Å². The van der Waals surface area contributed by atoms with E-state index in [9.17, 15) is 4.79 Å². The summed E-state index contributed by atoms with van der Waals surface area (Å²) in [6.07, 6.45) is 2.41. The number of benzene rings is 1. The average molecular weight is 436 g/mol. The van der Waals surface area contributed by atoms with Gasteiger partial charge in [-0.25, -0.2) is 9.67 Å². The van der Waals surface area contributed by atoms with Crippen LogP contribution in [0.2, 0.25) is 0 Å². The molecule has 0 saturated carbocycles. The highest BCUT2D eigenvalue weighted by atomic mass is 35.5. The van der Waals surface area contributed by atoms with E-state index in [0.717, 1.165) is 17.8 Å². The Labute approximate surface area is 183 Å². The smallest absolute Gasteiger partial charge is 0.255 e. The van der Waals surface area contributed by atoms with Crippen molar-refractivity contribution in [3.63, 3.8) is 0 Å². The van der Waals surface area contributed by atoms with E-state index >= 15 is 0 Å². The topological polar surface area (TPSA) is 77.0 Å². The van der Waals surface area contributed by atoms with Gasteiger partial charge >= 0.3 is 0 Å². The van der Waals surface area contributed by atoms with E-state index in [1.807, 2.05) is 44.2 Å². The maximum atomic E-state index is 12.9. The van der Waals surface area contributed by atoms with E-state index in [0.29, 0.717) is 31.0 Å². The summed E-state index contributed by atoms with van der Waals surface area (Å²) in [7, 11) is 0. The molecule has 1 aromatic carbocycles. The second-order valence-corrected chi connectivity index (χ2v) is 6.56. The Kier molecular flexibility index (Phi) is 9.81. The van der Waals surface area contributed by atoms with Crippen molar-refractivity contribution >= 4 is 30.7 Å². The summed E-state index contributed by atoms with van der Waals surface area (Å²) in [4.78, 5) is 19.1. The molecule has 0 aliphatic heterocycles. The lowest BCUT2D eigenvalue weighted by Crippen LogP contribution is -2.37. The molecule has 3 rings (SSSR count). The Hall–Kier alpha value is -2.41. The van der Waals surface area contributed by atoms with Gasteiger partial charge in [0.15, 0.2) is 5.82 Å². The molecule has 0 aliphatic rings. The number of aromatic nitrogens is 3. The van der Waals surface area contributed by atoms with E-state index in [1.54, 1.807) is 21.8 Å². The lowest BCUT2D eigenvalue weighted by atomic mass is 10.1. The van der Waals surface area contributed by atoms with Gasteiger partial charge in [0, 0.05) is 31.5 Å². The first kappa shape index (κ1) is 24.6. The second-order valence-electron chi connectivity index (χ2n) is 6.56. The van der Waals surface area contributed by atoms with Gasteiger partial charge in [0.25, 0.3) is 5.91 Å². The summed E-state index contributed by atoms with van der Waals surface area (Å²) in [5.41, 5.74) is 9.41. The molecule has 1 amide bonds. The molecule has 2 heterocycles. The molecule has 2 N–H and O–H groups in total. The summed E-state index contributed by atoms with van der Waals surface area (Å²) in [6.45, 7) is 5.49. The minimum Gasteiger partial charge on any atom is -0.337 e. The second kappa shape index (κ2) is 11.6. The van der Waals surface area contributed by atoms with Crippen molar-refractivity contribution in [1.29, 1.82) is 0 Å². The third kappa shape index (κ3) is 6.29. The molecule has 0 unspecified atom stereocenters. The molecule has 0 spiro atoms. The largest absolute Gasteiger partial charge is 0.337 e. The predicted molar refractivity (Wildman–Crippen MR) is 120 cm³/mol. The SMILES string of the molecule is Cc1cc(C)n(-c2ccc(C(=O)N(CCN)CCc3ccccc3)cn2)n1.Cl.Cl. The third-order valence-corrected chi connectivity index (χ3v) is 4.42. The van der Waals surface area contributed by atoms with Gasteiger partial charge < -0.3 is 10.6 Å². The fourth-order valence-electron chi connectivity index (χ4n) is 3.06. The number of carbonyl (C=O) groups excluding carboxylic acids is 1. The Morgan fingerprint density at radius 2 is 1.79 bits per heavy atom. The summed E-state index contributed by atoms with van der Waals surface area (Å²) in [6, 6.07) is 15.7. The van der Waals surface area contributed by atoms with Gasteiger partial charge in [-0.2, -0.15) is 5.10 Å². The number of pyridine rings is 1. The lowest BCUT2D eigenvalue weighted by molar-refractivity contribution is 0.0761. The zero-order valence-electron chi connectivity index (χ0n) is 16.6. The zero-order chi connectivity index (χ0) is 19.2. The number of carbonyl (C=O) groups is 1. The Balaban J connectivity index is 0.00000210. The number of nitrogens with two attached hydrogens (primary N) is 1. The van der Waals surface area contributed by atoms with Gasteiger partial charge in [-0.1, -0.05) is 30.3 Å². The molecular formula is C21H27Cl2N5O. The van der Waals surface area contributed by atoms with Crippen molar-refractivity contribution in [2.24, 2.45) is 5.73 Å². The van der Waals surface area contributed by atoms with Crippen LogP contribution in [0.3, 0.4) is 0 Å². The van der Waals surface area contributed by atoms with Crippen LogP contribution in [0, 0.1) is 13.8 Å². The van der Waals surface area contributed by atoms with Gasteiger partial charge in [0.2, 0.25) is 0 Å². The summed E-state index contributed by atoms with van der Waals surface area (Å²) in [5, 5.41) is 4.42. The summed E-state index contributed by atoms with van der Waals surface area (Å²) >= 11 is 0. The van der Waals surface area contributed by atoms with E-state index in [-0.39, 0.29) is 30.7 Å². The van der Waals surface area contributed by atoms with Crippen LogP contribution in [-0.2, 0) is 6.42 Å². The molecule has 0 atom stereocenters. The van der Waals surface area contributed by atoms with Crippen molar-refractivity contribution in [3.05, 3.63) is 77.2 Å². The van der Waals surface area contributed by atoms with Crippen LogP contribution >= 0.6 is 24.8 Å². The highest BCUT2D eigenvalue weighted by Gasteiger charge is 2.16. The molecule has 0 bridgehead atoms. The van der Waals surface area contributed by atoms with Gasteiger partial charge in [0.1, 0.15) is 0 Å². The number of aryl methyl sites for hydroxylation is 2. The molecular weight excluding hydrogens is 409 g/mol. The van der Waals surface area contributed by atoms with E-state index < -0.39 is 0 Å². The third-order valence-electron chi connectivity index (χ3n) is 4.42. The van der Waals surface area contributed by atoms with E-state index in [1.165, 1.54) is 5.56 Å². The van der Waals surface area contributed by atoms with Gasteiger partial charge in [-0.15, -0.1) is 24.8 Å². The highest BCUT2D eigenvalue weighted by molar-refractivity contribution is 5.94. The molecule has 0 saturated heterocycles. The predicted octanol–water partition coefficient (Wildman–Crippen LogP) is 3.37. The van der Waals surface area contributed by atoms with Crippen molar-refractivity contribution < 1.29 is 4.79 Å². The molecule has 2 aromatic heterocycles. The molecule has 29 heavy (non-hydrogen) atoms. The first-order valence-corrected chi connectivity index (χ1v) is 9.11. The maximum Gasteiger partial charge on any atom is 0.255 e. The van der Waals surface area contributed by atoms with Crippen LogP contribution in [0.25, 0.3) is 5.82 Å².